The van der Waals surface area contributed by atoms with E-state index in [2.05, 4.69) is 17.6 Å². The zero-order chi connectivity index (χ0) is 13.9. The van der Waals surface area contributed by atoms with Gasteiger partial charge in [-0.2, -0.15) is 0 Å². The molecule has 1 aromatic heterocycles. The molecule has 0 saturated heterocycles. The normalized spacial score (nSPS) is 25.8. The van der Waals surface area contributed by atoms with Crippen molar-refractivity contribution in [3.05, 3.63) is 24.2 Å². The summed E-state index contributed by atoms with van der Waals surface area (Å²) in [6.45, 7) is 3.88. The van der Waals surface area contributed by atoms with Crippen LogP contribution in [0.5, 0.6) is 0 Å². The Bertz CT molecular complexity index is 414. The minimum absolute atomic E-state index is 0.118. The second kappa shape index (κ2) is 5.65. The van der Waals surface area contributed by atoms with E-state index >= 15 is 0 Å². The number of carbonyl (C=O) groups excluding carboxylic acids is 1. The maximum absolute atomic E-state index is 11.8. The summed E-state index contributed by atoms with van der Waals surface area (Å²) < 4.78 is 5.16. The first-order chi connectivity index (χ1) is 8.99. The summed E-state index contributed by atoms with van der Waals surface area (Å²) >= 11 is 0. The van der Waals surface area contributed by atoms with Crippen molar-refractivity contribution in [2.45, 2.75) is 44.8 Å². The Morgan fingerprint density at radius 2 is 2.37 bits per heavy atom. The lowest BCUT2D eigenvalue weighted by Gasteiger charge is -2.23. The highest BCUT2D eigenvalue weighted by molar-refractivity contribution is 5.74. The van der Waals surface area contributed by atoms with E-state index in [1.165, 1.54) is 6.26 Å². The smallest absolute Gasteiger partial charge is 0.315 e. The highest BCUT2D eigenvalue weighted by Gasteiger charge is 2.28. The molecule has 0 spiro atoms. The summed E-state index contributed by atoms with van der Waals surface area (Å²) in [5.74, 6) is 0.971. The Morgan fingerprint density at radius 1 is 1.58 bits per heavy atom. The highest BCUT2D eigenvalue weighted by Crippen LogP contribution is 2.24. The van der Waals surface area contributed by atoms with Gasteiger partial charge in [0.05, 0.1) is 12.8 Å². The van der Waals surface area contributed by atoms with Crippen LogP contribution in [0.25, 0.3) is 0 Å². The maximum atomic E-state index is 11.8. The third-order valence-corrected chi connectivity index (χ3v) is 3.82. The average Bonchev–Trinajstić information content (AvgIpc) is 3.00. The van der Waals surface area contributed by atoms with Crippen molar-refractivity contribution in [3.63, 3.8) is 0 Å². The third kappa shape index (κ3) is 3.50. The van der Waals surface area contributed by atoms with Gasteiger partial charge in [-0.3, -0.25) is 0 Å². The molecule has 0 bridgehead atoms. The van der Waals surface area contributed by atoms with E-state index in [1.807, 2.05) is 0 Å². The minimum Gasteiger partial charge on any atom is -0.466 e. The molecule has 3 unspecified atom stereocenters. The van der Waals surface area contributed by atoms with E-state index < -0.39 is 5.60 Å². The zero-order valence-corrected chi connectivity index (χ0v) is 11.5. The molecule has 19 heavy (non-hydrogen) atoms. The van der Waals surface area contributed by atoms with Gasteiger partial charge in [0.25, 0.3) is 0 Å². The molecule has 2 amide bonds. The number of amides is 2. The first-order valence-electron chi connectivity index (χ1n) is 6.80. The van der Waals surface area contributed by atoms with Crippen molar-refractivity contribution in [1.82, 2.24) is 10.6 Å². The lowest BCUT2D eigenvalue weighted by atomic mass is 10.0. The van der Waals surface area contributed by atoms with Crippen LogP contribution in [0.1, 0.15) is 38.9 Å². The first-order valence-corrected chi connectivity index (χ1v) is 6.80. The summed E-state index contributed by atoms with van der Waals surface area (Å²) in [5, 5.41) is 15.9. The second-order valence-corrected chi connectivity index (χ2v) is 5.59. The number of urea groups is 1. The first kappa shape index (κ1) is 13.9. The lowest BCUT2D eigenvalue weighted by molar-refractivity contribution is 0.0366. The molecule has 0 aliphatic heterocycles. The zero-order valence-electron chi connectivity index (χ0n) is 11.5. The van der Waals surface area contributed by atoms with Gasteiger partial charge in [-0.05, 0) is 37.8 Å². The van der Waals surface area contributed by atoms with Crippen molar-refractivity contribution >= 4 is 6.03 Å². The van der Waals surface area contributed by atoms with Gasteiger partial charge in [0.1, 0.15) is 11.4 Å². The number of nitrogens with one attached hydrogen (secondary N) is 2. The Morgan fingerprint density at radius 3 is 2.95 bits per heavy atom. The van der Waals surface area contributed by atoms with Gasteiger partial charge in [0.15, 0.2) is 0 Å². The van der Waals surface area contributed by atoms with Gasteiger partial charge in [-0.1, -0.05) is 13.3 Å². The summed E-state index contributed by atoms with van der Waals surface area (Å²) in [6, 6.07) is 3.42. The Balaban J connectivity index is 1.80. The van der Waals surface area contributed by atoms with Crippen LogP contribution in [0.3, 0.4) is 0 Å². The van der Waals surface area contributed by atoms with E-state index in [9.17, 15) is 9.90 Å². The lowest BCUT2D eigenvalue weighted by Crippen LogP contribution is -2.47. The van der Waals surface area contributed by atoms with Crippen LogP contribution in [0.2, 0.25) is 0 Å². The van der Waals surface area contributed by atoms with Gasteiger partial charge in [0.2, 0.25) is 0 Å². The fourth-order valence-electron chi connectivity index (χ4n) is 2.50. The summed E-state index contributed by atoms with van der Waals surface area (Å²) in [7, 11) is 0. The molecule has 0 aromatic carbocycles. The largest absolute Gasteiger partial charge is 0.466 e. The van der Waals surface area contributed by atoms with Gasteiger partial charge >= 0.3 is 6.03 Å². The quantitative estimate of drug-likeness (QED) is 0.780. The molecule has 1 aromatic rings. The number of hydrogen-bond donors (Lipinski definition) is 3. The van der Waals surface area contributed by atoms with Crippen molar-refractivity contribution < 1.29 is 14.3 Å². The van der Waals surface area contributed by atoms with Gasteiger partial charge in [0, 0.05) is 6.04 Å². The highest BCUT2D eigenvalue weighted by atomic mass is 16.4. The molecule has 1 saturated carbocycles. The molecule has 0 radical (unpaired) electrons. The molecular formula is C14H22N2O3. The Labute approximate surface area is 113 Å². The predicted octanol–water partition coefficient (Wildman–Crippen LogP) is 1.97. The number of rotatable bonds is 4. The molecule has 5 heteroatoms. The fourth-order valence-corrected chi connectivity index (χ4v) is 2.50. The van der Waals surface area contributed by atoms with Crippen LogP contribution in [-0.2, 0) is 5.60 Å². The topological polar surface area (TPSA) is 74.5 Å². The maximum Gasteiger partial charge on any atom is 0.315 e. The van der Waals surface area contributed by atoms with Crippen LogP contribution in [0, 0.1) is 5.92 Å². The third-order valence-electron chi connectivity index (χ3n) is 3.82. The number of aliphatic hydroxyl groups is 1. The standard InChI is InChI=1S/C14H22N2O3/c1-10-5-3-6-11(10)16-13(17)15-9-14(2,18)12-7-4-8-19-12/h4,7-8,10-11,18H,3,5-6,9H2,1-2H3,(H2,15,16,17). The van der Waals surface area contributed by atoms with Gasteiger partial charge < -0.3 is 20.2 Å². The van der Waals surface area contributed by atoms with Crippen molar-refractivity contribution in [3.8, 4) is 0 Å². The average molecular weight is 266 g/mol. The van der Waals surface area contributed by atoms with Crippen molar-refractivity contribution in [1.29, 1.82) is 0 Å². The molecule has 106 valence electrons. The van der Waals surface area contributed by atoms with Crippen LogP contribution in [0.4, 0.5) is 4.79 Å². The molecule has 2 rings (SSSR count). The molecule has 1 fully saturated rings. The molecule has 3 N–H and O–H groups in total. The molecule has 3 atom stereocenters. The van der Waals surface area contributed by atoms with E-state index in [0.29, 0.717) is 11.7 Å². The molecule has 1 aliphatic carbocycles. The SMILES string of the molecule is CC1CCCC1NC(=O)NCC(C)(O)c1ccco1. The van der Waals surface area contributed by atoms with E-state index in [1.54, 1.807) is 19.1 Å². The minimum atomic E-state index is -1.19. The molecule has 1 heterocycles. The van der Waals surface area contributed by atoms with E-state index in [0.717, 1.165) is 19.3 Å². The molecular weight excluding hydrogens is 244 g/mol. The summed E-state index contributed by atoms with van der Waals surface area (Å²) in [5.41, 5.74) is -1.19. The fraction of sp³-hybridized carbons (Fsp3) is 0.643. The molecule has 1 aliphatic rings. The van der Waals surface area contributed by atoms with Crippen LogP contribution < -0.4 is 10.6 Å². The number of hydrogen-bond acceptors (Lipinski definition) is 3. The monoisotopic (exact) mass is 266 g/mol. The molecule has 5 nitrogen and oxygen atoms in total. The summed E-state index contributed by atoms with van der Waals surface area (Å²) in [4.78, 5) is 11.8. The van der Waals surface area contributed by atoms with Crippen LogP contribution >= 0.6 is 0 Å². The van der Waals surface area contributed by atoms with E-state index in [4.69, 9.17) is 4.42 Å². The van der Waals surface area contributed by atoms with Crippen molar-refractivity contribution in [2.24, 2.45) is 5.92 Å². The number of carbonyl (C=O) groups is 1. The van der Waals surface area contributed by atoms with E-state index in [-0.39, 0.29) is 18.6 Å². The van der Waals surface area contributed by atoms with Gasteiger partial charge in [-0.15, -0.1) is 0 Å². The van der Waals surface area contributed by atoms with Crippen LogP contribution in [0.15, 0.2) is 22.8 Å². The second-order valence-electron chi connectivity index (χ2n) is 5.59. The Kier molecular flexibility index (Phi) is 4.14. The van der Waals surface area contributed by atoms with Crippen LogP contribution in [-0.4, -0.2) is 23.7 Å². The summed E-state index contributed by atoms with van der Waals surface area (Å²) in [6.07, 6.45) is 4.86. The van der Waals surface area contributed by atoms with Crippen molar-refractivity contribution in [2.75, 3.05) is 6.54 Å². The number of furan rings is 1. The Hall–Kier alpha value is -1.49. The predicted molar refractivity (Wildman–Crippen MR) is 71.6 cm³/mol. The van der Waals surface area contributed by atoms with Gasteiger partial charge in [-0.25, -0.2) is 4.79 Å².